The van der Waals surface area contributed by atoms with Crippen LogP contribution in [0.5, 0.6) is 0 Å². The maximum absolute atomic E-state index is 6.21. The standard InChI is InChI=1S/C12H12ClN5S/c1-7-12(13)11(18(2)15-7)6-14-8-3-4-9-10(5-8)17-19-16-9/h3-5,14H,6H2,1-2H3. The number of nitrogens with zero attached hydrogens (tertiary/aromatic N) is 4. The zero-order valence-corrected chi connectivity index (χ0v) is 12.1. The SMILES string of the molecule is Cc1nn(C)c(CNc2ccc3nsnc3c2)c1Cl. The molecule has 5 nitrogen and oxygen atoms in total. The average Bonchev–Trinajstić information content (AvgIpc) is 2.94. The molecule has 0 atom stereocenters. The fraction of sp³-hybridized carbons (Fsp3) is 0.250. The van der Waals surface area contributed by atoms with Crippen LogP contribution in [0.1, 0.15) is 11.4 Å². The molecule has 0 spiro atoms. The fourth-order valence-corrected chi connectivity index (χ4v) is 2.69. The van der Waals surface area contributed by atoms with Gasteiger partial charge >= 0.3 is 0 Å². The number of rotatable bonds is 3. The van der Waals surface area contributed by atoms with E-state index in [4.69, 9.17) is 11.6 Å². The Morgan fingerprint density at radius 3 is 2.84 bits per heavy atom. The van der Waals surface area contributed by atoms with Crippen LogP contribution in [0.2, 0.25) is 5.02 Å². The molecule has 0 amide bonds. The number of anilines is 1. The van der Waals surface area contributed by atoms with E-state index in [0.29, 0.717) is 11.6 Å². The minimum atomic E-state index is 0.624. The van der Waals surface area contributed by atoms with Gasteiger partial charge in [0.05, 0.1) is 34.7 Å². The Bertz CT molecular complexity index is 733. The Morgan fingerprint density at radius 1 is 1.32 bits per heavy atom. The predicted octanol–water partition coefficient (Wildman–Crippen LogP) is 3.00. The van der Waals surface area contributed by atoms with E-state index in [9.17, 15) is 0 Å². The van der Waals surface area contributed by atoms with E-state index in [2.05, 4.69) is 19.2 Å². The lowest BCUT2D eigenvalue weighted by atomic mass is 10.2. The summed E-state index contributed by atoms with van der Waals surface area (Å²) in [5, 5.41) is 8.33. The van der Waals surface area contributed by atoms with Crippen molar-refractivity contribution < 1.29 is 0 Å². The van der Waals surface area contributed by atoms with Gasteiger partial charge in [-0.3, -0.25) is 4.68 Å². The van der Waals surface area contributed by atoms with E-state index in [-0.39, 0.29) is 0 Å². The molecule has 3 aromatic rings. The Labute approximate surface area is 119 Å². The van der Waals surface area contributed by atoms with Gasteiger partial charge in [-0.2, -0.15) is 13.8 Å². The topological polar surface area (TPSA) is 55.6 Å². The average molecular weight is 294 g/mol. The molecule has 0 aliphatic carbocycles. The minimum absolute atomic E-state index is 0.624. The van der Waals surface area contributed by atoms with Gasteiger partial charge in [0.2, 0.25) is 0 Å². The summed E-state index contributed by atoms with van der Waals surface area (Å²) in [7, 11) is 1.89. The minimum Gasteiger partial charge on any atom is -0.379 e. The number of aryl methyl sites for hydroxylation is 2. The number of hydrogen-bond donors (Lipinski definition) is 1. The molecule has 0 radical (unpaired) electrons. The van der Waals surface area contributed by atoms with Gasteiger partial charge in [-0.15, -0.1) is 0 Å². The van der Waals surface area contributed by atoms with Crippen LogP contribution in [0.25, 0.3) is 11.0 Å². The van der Waals surface area contributed by atoms with Gasteiger partial charge < -0.3 is 5.32 Å². The third-order valence-electron chi connectivity index (χ3n) is 2.98. The van der Waals surface area contributed by atoms with Crippen LogP contribution in [-0.4, -0.2) is 18.5 Å². The molecule has 2 heterocycles. The van der Waals surface area contributed by atoms with Gasteiger partial charge in [0.15, 0.2) is 0 Å². The van der Waals surface area contributed by atoms with Crippen LogP contribution in [0.15, 0.2) is 18.2 Å². The van der Waals surface area contributed by atoms with Crippen molar-refractivity contribution in [2.24, 2.45) is 7.05 Å². The van der Waals surface area contributed by atoms with Gasteiger partial charge in [-0.25, -0.2) is 0 Å². The molecule has 2 aromatic heterocycles. The second kappa shape index (κ2) is 4.79. The molecule has 0 saturated heterocycles. The van der Waals surface area contributed by atoms with Crippen LogP contribution in [0, 0.1) is 6.92 Å². The zero-order valence-electron chi connectivity index (χ0n) is 10.5. The van der Waals surface area contributed by atoms with Crippen LogP contribution in [0.3, 0.4) is 0 Å². The van der Waals surface area contributed by atoms with Crippen molar-refractivity contribution in [2.75, 3.05) is 5.32 Å². The molecule has 98 valence electrons. The molecule has 19 heavy (non-hydrogen) atoms. The normalized spacial score (nSPS) is 11.1. The highest BCUT2D eigenvalue weighted by molar-refractivity contribution is 7.00. The summed E-state index contributed by atoms with van der Waals surface area (Å²) in [6.07, 6.45) is 0. The van der Waals surface area contributed by atoms with Crippen LogP contribution < -0.4 is 5.32 Å². The van der Waals surface area contributed by atoms with Crippen molar-refractivity contribution in [3.05, 3.63) is 34.6 Å². The molecule has 0 bridgehead atoms. The molecule has 0 unspecified atom stereocenters. The van der Waals surface area contributed by atoms with E-state index in [1.165, 1.54) is 11.7 Å². The molecule has 0 aliphatic rings. The highest BCUT2D eigenvalue weighted by Gasteiger charge is 2.10. The highest BCUT2D eigenvalue weighted by atomic mass is 35.5. The summed E-state index contributed by atoms with van der Waals surface area (Å²) in [4.78, 5) is 0. The largest absolute Gasteiger partial charge is 0.379 e. The van der Waals surface area contributed by atoms with Gasteiger partial charge in [-0.05, 0) is 25.1 Å². The van der Waals surface area contributed by atoms with Crippen molar-refractivity contribution in [3.8, 4) is 0 Å². The highest BCUT2D eigenvalue weighted by Crippen LogP contribution is 2.22. The lowest BCUT2D eigenvalue weighted by Crippen LogP contribution is -2.05. The van der Waals surface area contributed by atoms with E-state index in [0.717, 1.165) is 28.1 Å². The summed E-state index contributed by atoms with van der Waals surface area (Å²) >= 11 is 7.44. The lowest BCUT2D eigenvalue weighted by Gasteiger charge is -2.07. The Morgan fingerprint density at radius 2 is 2.11 bits per heavy atom. The van der Waals surface area contributed by atoms with E-state index in [1.807, 2.05) is 32.2 Å². The van der Waals surface area contributed by atoms with Crippen LogP contribution in [0.4, 0.5) is 5.69 Å². The van der Waals surface area contributed by atoms with E-state index >= 15 is 0 Å². The molecule has 7 heteroatoms. The number of hydrogen-bond acceptors (Lipinski definition) is 5. The van der Waals surface area contributed by atoms with Gasteiger partial charge in [-0.1, -0.05) is 11.6 Å². The second-order valence-electron chi connectivity index (χ2n) is 4.29. The van der Waals surface area contributed by atoms with Gasteiger partial charge in [0.1, 0.15) is 11.0 Å². The van der Waals surface area contributed by atoms with E-state index in [1.54, 1.807) is 4.68 Å². The summed E-state index contributed by atoms with van der Waals surface area (Å²) in [6.45, 7) is 2.53. The fourth-order valence-electron chi connectivity index (χ4n) is 1.95. The first-order valence-electron chi connectivity index (χ1n) is 5.79. The van der Waals surface area contributed by atoms with Crippen molar-refractivity contribution in [3.63, 3.8) is 0 Å². The third-order valence-corrected chi connectivity index (χ3v) is 4.02. The van der Waals surface area contributed by atoms with Crippen molar-refractivity contribution >= 4 is 40.0 Å². The summed E-state index contributed by atoms with van der Waals surface area (Å²) in [5.41, 5.74) is 4.64. The molecular weight excluding hydrogens is 282 g/mol. The molecule has 0 aliphatic heterocycles. The summed E-state index contributed by atoms with van der Waals surface area (Å²) in [5.74, 6) is 0. The first kappa shape index (κ1) is 12.4. The van der Waals surface area contributed by atoms with Crippen molar-refractivity contribution in [2.45, 2.75) is 13.5 Å². The number of nitrogens with one attached hydrogen (secondary N) is 1. The number of benzene rings is 1. The van der Waals surface area contributed by atoms with Crippen molar-refractivity contribution in [1.29, 1.82) is 0 Å². The number of fused-ring (bicyclic) bond motifs is 1. The lowest BCUT2D eigenvalue weighted by molar-refractivity contribution is 0.713. The Kier molecular flexibility index (Phi) is 3.12. The molecular formula is C12H12ClN5S. The first-order chi connectivity index (χ1) is 9.15. The molecule has 1 N–H and O–H groups in total. The maximum atomic E-state index is 6.21. The second-order valence-corrected chi connectivity index (χ2v) is 5.20. The molecule has 0 fully saturated rings. The van der Waals surface area contributed by atoms with Gasteiger partial charge in [0, 0.05) is 12.7 Å². The summed E-state index contributed by atoms with van der Waals surface area (Å²) in [6, 6.07) is 5.92. The summed E-state index contributed by atoms with van der Waals surface area (Å²) < 4.78 is 10.2. The monoisotopic (exact) mass is 293 g/mol. The first-order valence-corrected chi connectivity index (χ1v) is 6.90. The molecule has 3 rings (SSSR count). The molecule has 1 aromatic carbocycles. The maximum Gasteiger partial charge on any atom is 0.106 e. The van der Waals surface area contributed by atoms with Crippen LogP contribution in [-0.2, 0) is 13.6 Å². The zero-order chi connectivity index (χ0) is 13.4. The number of halogens is 1. The smallest absolute Gasteiger partial charge is 0.106 e. The van der Waals surface area contributed by atoms with E-state index < -0.39 is 0 Å². The third kappa shape index (κ3) is 2.29. The van der Waals surface area contributed by atoms with Gasteiger partial charge in [0.25, 0.3) is 0 Å². The Hall–Kier alpha value is -1.66. The van der Waals surface area contributed by atoms with Crippen molar-refractivity contribution in [1.82, 2.24) is 18.5 Å². The quantitative estimate of drug-likeness (QED) is 0.806. The Balaban J connectivity index is 1.81. The number of aromatic nitrogens is 4. The molecule has 0 saturated carbocycles. The van der Waals surface area contributed by atoms with Crippen LogP contribution >= 0.6 is 23.3 Å². The predicted molar refractivity (Wildman–Crippen MR) is 77.7 cm³/mol.